The summed E-state index contributed by atoms with van der Waals surface area (Å²) in [4.78, 5) is 0. The van der Waals surface area contributed by atoms with Gasteiger partial charge in [-0.1, -0.05) is 29.8 Å². The van der Waals surface area contributed by atoms with Crippen LogP contribution in [0.15, 0.2) is 35.9 Å². The lowest BCUT2D eigenvalue weighted by atomic mass is 10.0. The second-order valence-corrected chi connectivity index (χ2v) is 4.31. The van der Waals surface area contributed by atoms with Crippen molar-refractivity contribution in [3.63, 3.8) is 0 Å². The molecule has 0 radical (unpaired) electrons. The van der Waals surface area contributed by atoms with E-state index in [1.807, 2.05) is 19.9 Å². The number of hydrogen-bond donors (Lipinski definition) is 1. The minimum absolute atomic E-state index is 0.247. The molecule has 1 nitrogen and oxygen atoms in total. The van der Waals surface area contributed by atoms with E-state index < -0.39 is 11.7 Å². The molecule has 0 aliphatic carbocycles. The maximum Gasteiger partial charge on any atom is 0.416 e. The molecule has 0 heterocycles. The zero-order valence-corrected chi connectivity index (χ0v) is 9.88. The average molecular weight is 243 g/mol. The molecule has 0 aliphatic rings. The predicted molar refractivity (Wildman–Crippen MR) is 62.6 cm³/mol. The summed E-state index contributed by atoms with van der Waals surface area (Å²) in [6, 6.07) is 5.04. The van der Waals surface area contributed by atoms with Gasteiger partial charge in [-0.15, -0.1) is 0 Å². The Labute approximate surface area is 99.1 Å². The Kier molecular flexibility index (Phi) is 4.34. The molecule has 1 aromatic rings. The van der Waals surface area contributed by atoms with E-state index >= 15 is 0 Å². The summed E-state index contributed by atoms with van der Waals surface area (Å²) in [5, 5.41) is 0. The van der Waals surface area contributed by atoms with Crippen LogP contribution in [0.25, 0.3) is 0 Å². The molecular formula is C13H16F3N. The molecule has 17 heavy (non-hydrogen) atoms. The third-order valence-electron chi connectivity index (χ3n) is 2.27. The van der Waals surface area contributed by atoms with Crippen molar-refractivity contribution in [2.24, 2.45) is 5.73 Å². The van der Waals surface area contributed by atoms with Gasteiger partial charge < -0.3 is 5.73 Å². The van der Waals surface area contributed by atoms with Gasteiger partial charge in [-0.25, -0.2) is 0 Å². The fourth-order valence-corrected chi connectivity index (χ4v) is 1.63. The molecule has 1 atom stereocenters. The Hall–Kier alpha value is -1.29. The number of hydrogen-bond acceptors (Lipinski definition) is 1. The molecule has 1 rings (SSSR count). The highest BCUT2D eigenvalue weighted by atomic mass is 19.4. The number of allylic oxidation sites excluding steroid dienone is 1. The average Bonchev–Trinajstić information content (AvgIpc) is 2.15. The molecule has 0 spiro atoms. The molecule has 0 saturated carbocycles. The van der Waals surface area contributed by atoms with Crippen molar-refractivity contribution < 1.29 is 13.2 Å². The van der Waals surface area contributed by atoms with Gasteiger partial charge >= 0.3 is 6.18 Å². The van der Waals surface area contributed by atoms with Gasteiger partial charge in [0.25, 0.3) is 0 Å². The van der Waals surface area contributed by atoms with E-state index in [9.17, 15) is 13.2 Å². The van der Waals surface area contributed by atoms with Crippen LogP contribution >= 0.6 is 0 Å². The second kappa shape index (κ2) is 5.36. The van der Waals surface area contributed by atoms with Gasteiger partial charge in [0, 0.05) is 6.04 Å². The Morgan fingerprint density at radius 2 is 2.00 bits per heavy atom. The number of rotatable bonds is 3. The number of benzene rings is 1. The molecule has 94 valence electrons. The van der Waals surface area contributed by atoms with Gasteiger partial charge in [-0.3, -0.25) is 0 Å². The predicted octanol–water partition coefficient (Wildman–Crippen LogP) is 3.54. The highest BCUT2D eigenvalue weighted by molar-refractivity contribution is 5.27. The van der Waals surface area contributed by atoms with Crippen molar-refractivity contribution in [2.75, 3.05) is 0 Å². The summed E-state index contributed by atoms with van der Waals surface area (Å²) >= 11 is 0. The van der Waals surface area contributed by atoms with Gasteiger partial charge in [-0.2, -0.15) is 13.2 Å². The number of alkyl halides is 3. The molecule has 1 unspecified atom stereocenters. The normalized spacial score (nSPS) is 13.3. The first kappa shape index (κ1) is 13.8. The first-order chi connectivity index (χ1) is 7.79. The Balaban J connectivity index is 2.83. The first-order valence-corrected chi connectivity index (χ1v) is 5.36. The molecular weight excluding hydrogens is 227 g/mol. The van der Waals surface area contributed by atoms with E-state index in [1.54, 1.807) is 6.07 Å². The van der Waals surface area contributed by atoms with Gasteiger partial charge in [0.1, 0.15) is 0 Å². The van der Waals surface area contributed by atoms with Crippen LogP contribution in [0.5, 0.6) is 0 Å². The molecule has 0 aliphatic heterocycles. The summed E-state index contributed by atoms with van der Waals surface area (Å²) < 4.78 is 37.4. The summed E-state index contributed by atoms with van der Waals surface area (Å²) in [7, 11) is 0. The van der Waals surface area contributed by atoms with Crippen molar-refractivity contribution in [2.45, 2.75) is 32.5 Å². The topological polar surface area (TPSA) is 26.0 Å². The molecule has 4 heteroatoms. The smallest absolute Gasteiger partial charge is 0.324 e. The molecule has 1 aromatic carbocycles. The van der Waals surface area contributed by atoms with Crippen LogP contribution in [0, 0.1) is 0 Å². The van der Waals surface area contributed by atoms with Crippen molar-refractivity contribution in [1.82, 2.24) is 0 Å². The van der Waals surface area contributed by atoms with E-state index in [4.69, 9.17) is 5.73 Å². The Morgan fingerprint density at radius 1 is 1.35 bits per heavy atom. The maximum atomic E-state index is 12.5. The Bertz CT molecular complexity index is 403. The van der Waals surface area contributed by atoms with Crippen LogP contribution in [-0.4, -0.2) is 6.04 Å². The van der Waals surface area contributed by atoms with Crippen LogP contribution in [0.4, 0.5) is 13.2 Å². The monoisotopic (exact) mass is 243 g/mol. The van der Waals surface area contributed by atoms with Crippen LogP contribution in [0.2, 0.25) is 0 Å². The standard InChI is InChI=1S/C13H16F3N/c1-9(2)6-12(17)8-10-4-3-5-11(7-10)13(14,15)16/h3-7,12H,8,17H2,1-2H3. The minimum atomic E-state index is -4.30. The molecule has 0 bridgehead atoms. The van der Waals surface area contributed by atoms with E-state index in [0.717, 1.165) is 17.7 Å². The van der Waals surface area contributed by atoms with Gasteiger partial charge in [0.15, 0.2) is 0 Å². The minimum Gasteiger partial charge on any atom is -0.324 e. The second-order valence-electron chi connectivity index (χ2n) is 4.31. The van der Waals surface area contributed by atoms with Crippen LogP contribution in [0.3, 0.4) is 0 Å². The maximum absolute atomic E-state index is 12.5. The van der Waals surface area contributed by atoms with Gasteiger partial charge in [0.05, 0.1) is 5.56 Å². The number of halogens is 3. The highest BCUT2D eigenvalue weighted by Gasteiger charge is 2.30. The zero-order chi connectivity index (χ0) is 13.1. The zero-order valence-electron chi connectivity index (χ0n) is 9.88. The summed E-state index contributed by atoms with van der Waals surface area (Å²) in [6.45, 7) is 3.82. The number of nitrogens with two attached hydrogens (primary N) is 1. The summed E-state index contributed by atoms with van der Waals surface area (Å²) in [5.74, 6) is 0. The van der Waals surface area contributed by atoms with Crippen LogP contribution in [0.1, 0.15) is 25.0 Å². The highest BCUT2D eigenvalue weighted by Crippen LogP contribution is 2.29. The third kappa shape index (κ3) is 4.61. The lowest BCUT2D eigenvalue weighted by Gasteiger charge is -2.11. The van der Waals surface area contributed by atoms with Gasteiger partial charge in [-0.05, 0) is 31.9 Å². The fourth-order valence-electron chi connectivity index (χ4n) is 1.63. The lowest BCUT2D eigenvalue weighted by molar-refractivity contribution is -0.137. The van der Waals surface area contributed by atoms with E-state index in [-0.39, 0.29) is 6.04 Å². The van der Waals surface area contributed by atoms with E-state index in [2.05, 4.69) is 0 Å². The molecule has 0 aromatic heterocycles. The van der Waals surface area contributed by atoms with Crippen molar-refractivity contribution in [1.29, 1.82) is 0 Å². The third-order valence-corrected chi connectivity index (χ3v) is 2.27. The quantitative estimate of drug-likeness (QED) is 0.807. The van der Waals surface area contributed by atoms with Crippen LogP contribution < -0.4 is 5.73 Å². The fraction of sp³-hybridized carbons (Fsp3) is 0.385. The molecule has 0 amide bonds. The summed E-state index contributed by atoms with van der Waals surface area (Å²) in [5.41, 5.74) is 6.84. The first-order valence-electron chi connectivity index (χ1n) is 5.36. The van der Waals surface area contributed by atoms with Gasteiger partial charge in [0.2, 0.25) is 0 Å². The molecule has 0 fully saturated rings. The summed E-state index contributed by atoms with van der Waals surface area (Å²) in [6.07, 6.45) is -2.04. The molecule has 2 N–H and O–H groups in total. The van der Waals surface area contributed by atoms with Crippen molar-refractivity contribution in [3.8, 4) is 0 Å². The molecule has 0 saturated heterocycles. The van der Waals surface area contributed by atoms with Crippen molar-refractivity contribution >= 4 is 0 Å². The van der Waals surface area contributed by atoms with Crippen LogP contribution in [-0.2, 0) is 12.6 Å². The largest absolute Gasteiger partial charge is 0.416 e. The van der Waals surface area contributed by atoms with Crippen molar-refractivity contribution in [3.05, 3.63) is 47.0 Å². The van der Waals surface area contributed by atoms with E-state index in [1.165, 1.54) is 6.07 Å². The van der Waals surface area contributed by atoms with E-state index in [0.29, 0.717) is 12.0 Å². The Morgan fingerprint density at radius 3 is 2.53 bits per heavy atom. The SMILES string of the molecule is CC(C)=CC(N)Cc1cccc(C(F)(F)F)c1. The lowest BCUT2D eigenvalue weighted by Crippen LogP contribution is -2.20.